The first-order chi connectivity index (χ1) is 7.20. The van der Waals surface area contributed by atoms with Crippen LogP contribution >= 0.6 is 0 Å². The van der Waals surface area contributed by atoms with Gasteiger partial charge >= 0.3 is 0 Å². The summed E-state index contributed by atoms with van der Waals surface area (Å²) in [5.41, 5.74) is 5.74. The molecule has 0 aliphatic heterocycles. The minimum Gasteiger partial charge on any atom is -0.395 e. The van der Waals surface area contributed by atoms with Gasteiger partial charge in [0.1, 0.15) is 0 Å². The Hall–Kier alpha value is -0.610. The van der Waals surface area contributed by atoms with Crippen LogP contribution in [0.5, 0.6) is 0 Å². The van der Waals surface area contributed by atoms with Crippen LogP contribution in [0.1, 0.15) is 39.0 Å². The fourth-order valence-electron chi connectivity index (χ4n) is 2.18. The van der Waals surface area contributed by atoms with Gasteiger partial charge in [0.05, 0.1) is 12.6 Å². The van der Waals surface area contributed by atoms with Crippen molar-refractivity contribution >= 4 is 5.91 Å². The van der Waals surface area contributed by atoms with Crippen LogP contribution in [0.15, 0.2) is 0 Å². The topological polar surface area (TPSA) is 66.6 Å². The molecule has 1 aliphatic rings. The number of nitrogens with two attached hydrogens (primary N) is 1. The lowest BCUT2D eigenvalue weighted by Crippen LogP contribution is -2.48. The van der Waals surface area contributed by atoms with Gasteiger partial charge in [-0.1, -0.05) is 19.8 Å². The Balaban J connectivity index is 2.59. The largest absolute Gasteiger partial charge is 0.395 e. The maximum absolute atomic E-state index is 11.9. The lowest BCUT2D eigenvalue weighted by Gasteiger charge is -2.30. The summed E-state index contributed by atoms with van der Waals surface area (Å²) in [6, 6.07) is -0.0978. The van der Waals surface area contributed by atoms with Gasteiger partial charge in [-0.25, -0.2) is 0 Å². The number of aliphatic hydroxyl groups is 1. The molecule has 0 aromatic carbocycles. The van der Waals surface area contributed by atoms with Crippen LogP contribution in [0, 0.1) is 0 Å². The molecule has 0 heterocycles. The van der Waals surface area contributed by atoms with Crippen LogP contribution in [0.3, 0.4) is 0 Å². The van der Waals surface area contributed by atoms with E-state index < -0.39 is 6.04 Å². The summed E-state index contributed by atoms with van der Waals surface area (Å²) >= 11 is 0. The van der Waals surface area contributed by atoms with E-state index in [1.165, 1.54) is 12.8 Å². The average molecular weight is 214 g/mol. The zero-order valence-corrected chi connectivity index (χ0v) is 9.48. The number of carbonyl (C=O) groups is 1. The minimum absolute atomic E-state index is 0.00144. The van der Waals surface area contributed by atoms with Gasteiger partial charge in [-0.2, -0.15) is 0 Å². The van der Waals surface area contributed by atoms with E-state index >= 15 is 0 Å². The predicted molar refractivity (Wildman–Crippen MR) is 59.3 cm³/mol. The molecular formula is C11H22N2O2. The molecule has 4 nitrogen and oxygen atoms in total. The number of hydrogen-bond donors (Lipinski definition) is 2. The molecule has 0 radical (unpaired) electrons. The lowest BCUT2D eigenvalue weighted by molar-refractivity contribution is -0.135. The molecule has 1 rings (SSSR count). The third-order valence-corrected chi connectivity index (χ3v) is 3.15. The molecule has 0 aromatic heterocycles. The molecule has 0 aromatic rings. The van der Waals surface area contributed by atoms with E-state index in [1.54, 1.807) is 4.90 Å². The summed E-state index contributed by atoms with van der Waals surface area (Å²) in [6.45, 7) is 2.37. The van der Waals surface area contributed by atoms with Crippen molar-refractivity contribution in [2.45, 2.75) is 51.1 Å². The summed E-state index contributed by atoms with van der Waals surface area (Å²) in [4.78, 5) is 13.7. The average Bonchev–Trinajstić information content (AvgIpc) is 2.77. The van der Waals surface area contributed by atoms with Crippen LogP contribution in [-0.2, 0) is 4.79 Å². The van der Waals surface area contributed by atoms with Crippen LogP contribution < -0.4 is 5.73 Å². The Morgan fingerprint density at radius 1 is 1.53 bits per heavy atom. The van der Waals surface area contributed by atoms with Gasteiger partial charge in [-0.05, 0) is 19.3 Å². The molecular weight excluding hydrogens is 192 g/mol. The molecule has 1 fully saturated rings. The van der Waals surface area contributed by atoms with Crippen molar-refractivity contribution in [3.8, 4) is 0 Å². The van der Waals surface area contributed by atoms with Crippen molar-refractivity contribution in [1.82, 2.24) is 4.90 Å². The second kappa shape index (κ2) is 6.08. The number of aliphatic hydroxyl groups excluding tert-OH is 1. The highest BCUT2D eigenvalue weighted by Gasteiger charge is 2.28. The first kappa shape index (κ1) is 12.5. The van der Waals surface area contributed by atoms with Crippen molar-refractivity contribution in [2.24, 2.45) is 5.73 Å². The van der Waals surface area contributed by atoms with Gasteiger partial charge in [-0.3, -0.25) is 4.79 Å². The van der Waals surface area contributed by atoms with E-state index in [-0.39, 0.29) is 12.5 Å². The summed E-state index contributed by atoms with van der Waals surface area (Å²) in [7, 11) is 0. The van der Waals surface area contributed by atoms with E-state index in [1.807, 2.05) is 6.92 Å². The van der Waals surface area contributed by atoms with E-state index in [0.29, 0.717) is 19.0 Å². The van der Waals surface area contributed by atoms with E-state index in [2.05, 4.69) is 0 Å². The van der Waals surface area contributed by atoms with Crippen molar-refractivity contribution in [2.75, 3.05) is 13.2 Å². The number of amides is 1. The predicted octanol–water partition coefficient (Wildman–Crippen LogP) is 0.487. The fourth-order valence-corrected chi connectivity index (χ4v) is 2.18. The molecule has 1 aliphatic carbocycles. The summed E-state index contributed by atoms with van der Waals surface area (Å²) in [5.74, 6) is -0.00144. The summed E-state index contributed by atoms with van der Waals surface area (Å²) < 4.78 is 0. The molecule has 1 saturated carbocycles. The number of carbonyl (C=O) groups excluding carboxylic acids is 1. The number of nitrogens with zero attached hydrogens (tertiary/aromatic N) is 1. The molecule has 88 valence electrons. The Bertz CT molecular complexity index is 203. The highest BCUT2D eigenvalue weighted by Crippen LogP contribution is 2.23. The SMILES string of the molecule is CC[C@H](N)C(=O)N(CCO)C1CCCC1. The maximum Gasteiger partial charge on any atom is 0.239 e. The van der Waals surface area contributed by atoms with E-state index in [4.69, 9.17) is 10.8 Å². The normalized spacial score (nSPS) is 19.1. The van der Waals surface area contributed by atoms with Gasteiger partial charge in [-0.15, -0.1) is 0 Å². The molecule has 1 amide bonds. The van der Waals surface area contributed by atoms with Gasteiger partial charge in [0.2, 0.25) is 5.91 Å². The van der Waals surface area contributed by atoms with Crippen molar-refractivity contribution < 1.29 is 9.90 Å². The first-order valence-electron chi connectivity index (χ1n) is 5.87. The quantitative estimate of drug-likeness (QED) is 0.700. The third-order valence-electron chi connectivity index (χ3n) is 3.15. The molecule has 1 atom stereocenters. The maximum atomic E-state index is 11.9. The van der Waals surface area contributed by atoms with Crippen LogP contribution in [0.2, 0.25) is 0 Å². The second-order valence-corrected chi connectivity index (χ2v) is 4.21. The second-order valence-electron chi connectivity index (χ2n) is 4.21. The standard InChI is InChI=1S/C11H22N2O2/c1-2-10(12)11(15)13(7-8-14)9-5-3-4-6-9/h9-10,14H,2-8,12H2,1H3/t10-/m0/s1. The van der Waals surface area contributed by atoms with Crippen LogP contribution in [-0.4, -0.2) is 41.1 Å². The fraction of sp³-hybridized carbons (Fsp3) is 0.909. The van der Waals surface area contributed by atoms with Gasteiger partial charge in [0.15, 0.2) is 0 Å². The molecule has 0 unspecified atom stereocenters. The van der Waals surface area contributed by atoms with E-state index in [9.17, 15) is 4.79 Å². The molecule has 0 spiro atoms. The summed E-state index contributed by atoms with van der Waals surface area (Å²) in [6.07, 6.45) is 5.14. The van der Waals surface area contributed by atoms with Crippen molar-refractivity contribution in [3.05, 3.63) is 0 Å². The zero-order chi connectivity index (χ0) is 11.3. The molecule has 15 heavy (non-hydrogen) atoms. The highest BCUT2D eigenvalue weighted by atomic mass is 16.3. The third kappa shape index (κ3) is 3.18. The smallest absolute Gasteiger partial charge is 0.239 e. The lowest BCUT2D eigenvalue weighted by atomic mass is 10.1. The van der Waals surface area contributed by atoms with E-state index in [0.717, 1.165) is 12.8 Å². The highest BCUT2D eigenvalue weighted by molar-refractivity contribution is 5.81. The van der Waals surface area contributed by atoms with Gasteiger partial charge in [0.25, 0.3) is 0 Å². The van der Waals surface area contributed by atoms with Crippen LogP contribution in [0.4, 0.5) is 0 Å². The first-order valence-corrected chi connectivity index (χ1v) is 5.87. The van der Waals surface area contributed by atoms with Crippen LogP contribution in [0.25, 0.3) is 0 Å². The Morgan fingerprint density at radius 3 is 2.60 bits per heavy atom. The van der Waals surface area contributed by atoms with Crippen molar-refractivity contribution in [3.63, 3.8) is 0 Å². The number of rotatable bonds is 5. The monoisotopic (exact) mass is 214 g/mol. The minimum atomic E-state index is -0.405. The molecule has 0 bridgehead atoms. The zero-order valence-electron chi connectivity index (χ0n) is 9.48. The number of hydrogen-bond acceptors (Lipinski definition) is 3. The van der Waals surface area contributed by atoms with Gasteiger partial charge in [0, 0.05) is 12.6 Å². The Labute approximate surface area is 91.4 Å². The molecule has 3 N–H and O–H groups in total. The molecule has 4 heteroatoms. The summed E-state index contributed by atoms with van der Waals surface area (Å²) in [5, 5.41) is 8.97. The Morgan fingerprint density at radius 2 is 2.13 bits per heavy atom. The Kier molecular flexibility index (Phi) is 5.05. The van der Waals surface area contributed by atoms with Crippen molar-refractivity contribution in [1.29, 1.82) is 0 Å². The molecule has 0 saturated heterocycles. The van der Waals surface area contributed by atoms with Gasteiger partial charge < -0.3 is 15.7 Å².